The number of hydrogen-bond donors (Lipinski definition) is 0. The van der Waals surface area contributed by atoms with Gasteiger partial charge >= 0.3 is 87.0 Å². The predicted molar refractivity (Wildman–Crippen MR) is 52.5 cm³/mol. The van der Waals surface area contributed by atoms with E-state index in [0.29, 0.717) is 0 Å². The summed E-state index contributed by atoms with van der Waals surface area (Å²) in [6.07, 6.45) is 0. The molecule has 1 aromatic carbocycles. The summed E-state index contributed by atoms with van der Waals surface area (Å²) < 4.78 is 2.38. The fraction of sp³-hybridized carbons (Fsp3) is 0.100. The number of benzene rings is 1. The van der Waals surface area contributed by atoms with Crippen molar-refractivity contribution >= 4 is 20.7 Å². The Labute approximate surface area is 87.0 Å². The van der Waals surface area contributed by atoms with E-state index in [1.54, 1.807) is 0 Å². The van der Waals surface area contributed by atoms with Gasteiger partial charge < -0.3 is 0 Å². The van der Waals surface area contributed by atoms with Gasteiger partial charge in [-0.15, -0.1) is 0 Å². The van der Waals surface area contributed by atoms with Crippen LogP contribution < -0.4 is 2.95 Å². The van der Waals surface area contributed by atoms with Gasteiger partial charge in [0.1, 0.15) is 0 Å². The molecule has 13 heavy (non-hydrogen) atoms. The van der Waals surface area contributed by atoms with E-state index >= 15 is 0 Å². The molecule has 1 heterocycles. The van der Waals surface area contributed by atoms with Crippen LogP contribution in [0.25, 0.3) is 9.14 Å². The summed E-state index contributed by atoms with van der Waals surface area (Å²) in [6.45, 7) is 1.87. The molecule has 0 fully saturated rings. The van der Waals surface area contributed by atoms with E-state index in [0.717, 1.165) is 8.65 Å². The van der Waals surface area contributed by atoms with Gasteiger partial charge in [-0.1, -0.05) is 0 Å². The zero-order chi connectivity index (χ0) is 9.26. The van der Waals surface area contributed by atoms with Crippen LogP contribution in [0.3, 0.4) is 0 Å². The van der Waals surface area contributed by atoms with E-state index < -0.39 is 20.7 Å². The van der Waals surface area contributed by atoms with Gasteiger partial charge in [-0.05, 0) is 0 Å². The van der Waals surface area contributed by atoms with Crippen molar-refractivity contribution in [1.29, 1.82) is 0 Å². The molecule has 0 bridgehead atoms. The molecule has 2 aromatic rings. The Hall–Kier alpha value is -0.780. The molecule has 0 aliphatic heterocycles. The second-order valence-electron chi connectivity index (χ2n) is 2.86. The molecule has 0 saturated heterocycles. The third-order valence-corrected chi connectivity index (χ3v) is 4.73. The molecule has 0 N–H and O–H groups in total. The normalized spacial score (nSPS) is 10.2. The quantitative estimate of drug-likeness (QED) is 0.574. The minimum atomic E-state index is -0.683. The Kier molecular flexibility index (Phi) is 2.39. The maximum absolute atomic E-state index is 11.2. The SMILES string of the molecule is Cc1cc(-c2ccccc2)[te][n+]1[O-]. The van der Waals surface area contributed by atoms with Gasteiger partial charge in [0.05, 0.1) is 0 Å². The zero-order valence-electron chi connectivity index (χ0n) is 7.23. The van der Waals surface area contributed by atoms with Gasteiger partial charge in [-0.3, -0.25) is 0 Å². The summed E-state index contributed by atoms with van der Waals surface area (Å²) in [5.74, 6) is 0. The van der Waals surface area contributed by atoms with Gasteiger partial charge in [0.2, 0.25) is 0 Å². The first kappa shape index (κ1) is 8.80. The molecule has 0 saturated carbocycles. The van der Waals surface area contributed by atoms with Crippen LogP contribution in [0.15, 0.2) is 36.4 Å². The number of nitrogens with zero attached hydrogens (tertiary/aromatic N) is 1. The van der Waals surface area contributed by atoms with Crippen LogP contribution in [0.4, 0.5) is 0 Å². The molecule has 0 spiro atoms. The van der Waals surface area contributed by atoms with Crippen molar-refractivity contribution in [2.75, 3.05) is 0 Å². The summed E-state index contributed by atoms with van der Waals surface area (Å²) in [5.41, 5.74) is 2.05. The van der Waals surface area contributed by atoms with E-state index in [1.807, 2.05) is 31.2 Å². The Morgan fingerprint density at radius 1 is 1.23 bits per heavy atom. The van der Waals surface area contributed by atoms with Crippen LogP contribution in [-0.4, -0.2) is 20.7 Å². The zero-order valence-corrected chi connectivity index (χ0v) is 9.56. The van der Waals surface area contributed by atoms with Crippen molar-refractivity contribution in [3.05, 3.63) is 47.3 Å². The van der Waals surface area contributed by atoms with Crippen LogP contribution in [0, 0.1) is 12.1 Å². The van der Waals surface area contributed by atoms with Crippen LogP contribution in [-0.2, 0) is 0 Å². The number of aryl methyl sites for hydroxylation is 1. The molecule has 1 aromatic heterocycles. The first-order valence-electron chi connectivity index (χ1n) is 4.03. The molecule has 0 aliphatic carbocycles. The number of hydrogen-bond acceptors (Lipinski definition) is 1. The number of aromatic nitrogens is 1. The predicted octanol–water partition coefficient (Wildman–Crippen LogP) is 1.35. The van der Waals surface area contributed by atoms with Gasteiger partial charge in [0.15, 0.2) is 0 Å². The van der Waals surface area contributed by atoms with E-state index in [4.69, 9.17) is 0 Å². The average Bonchev–Trinajstić information content (AvgIpc) is 2.49. The van der Waals surface area contributed by atoms with Gasteiger partial charge in [-0.25, -0.2) is 0 Å². The van der Waals surface area contributed by atoms with Crippen molar-refractivity contribution in [1.82, 2.24) is 0 Å². The summed E-state index contributed by atoms with van der Waals surface area (Å²) in [4.78, 5) is 0. The molecule has 2 rings (SSSR count). The average molecular weight is 287 g/mol. The Morgan fingerprint density at radius 2 is 1.92 bits per heavy atom. The molecule has 0 unspecified atom stereocenters. The fourth-order valence-corrected chi connectivity index (χ4v) is 3.57. The third kappa shape index (κ3) is 1.77. The summed E-state index contributed by atoms with van der Waals surface area (Å²) in [6, 6.07) is 12.1. The Balaban J connectivity index is 2.48. The van der Waals surface area contributed by atoms with Crippen LogP contribution in [0.5, 0.6) is 0 Å². The summed E-state index contributed by atoms with van der Waals surface area (Å²) in [7, 11) is 0. The molecule has 0 radical (unpaired) electrons. The first-order chi connectivity index (χ1) is 6.27. The fourth-order valence-electron chi connectivity index (χ4n) is 1.17. The van der Waals surface area contributed by atoms with Gasteiger partial charge in [0.25, 0.3) is 0 Å². The molecule has 3 heteroatoms. The van der Waals surface area contributed by atoms with E-state index in [1.165, 1.54) is 9.14 Å². The molecule has 66 valence electrons. The van der Waals surface area contributed by atoms with Crippen LogP contribution in [0.1, 0.15) is 5.69 Å². The van der Waals surface area contributed by atoms with Crippen molar-refractivity contribution < 1.29 is 2.95 Å². The van der Waals surface area contributed by atoms with Gasteiger partial charge in [-0.2, -0.15) is 0 Å². The first-order valence-corrected chi connectivity index (χ1v) is 6.24. The van der Waals surface area contributed by atoms with E-state index in [2.05, 4.69) is 12.1 Å². The van der Waals surface area contributed by atoms with Gasteiger partial charge in [0, 0.05) is 0 Å². The van der Waals surface area contributed by atoms with E-state index in [-0.39, 0.29) is 0 Å². The monoisotopic (exact) mass is 289 g/mol. The molecule has 0 amide bonds. The second kappa shape index (κ2) is 3.53. The number of rotatable bonds is 1. The van der Waals surface area contributed by atoms with Crippen molar-refractivity contribution in [3.63, 3.8) is 0 Å². The molecule has 0 atom stereocenters. The van der Waals surface area contributed by atoms with Crippen molar-refractivity contribution in [3.8, 4) is 9.14 Å². The van der Waals surface area contributed by atoms with E-state index in [9.17, 15) is 5.21 Å². The maximum atomic E-state index is 11.2. The standard InChI is InChI=1S/C10H9NOTe/c1-8-7-10(13-11(8)12)9-5-3-2-4-6-9/h2-7H,1H3. The Bertz CT molecular complexity index is 389. The van der Waals surface area contributed by atoms with Crippen LogP contribution >= 0.6 is 0 Å². The Morgan fingerprint density at radius 3 is 2.46 bits per heavy atom. The minimum absolute atomic E-state index is 0.683. The van der Waals surface area contributed by atoms with Crippen molar-refractivity contribution in [2.45, 2.75) is 6.92 Å². The molecule has 2 nitrogen and oxygen atoms in total. The van der Waals surface area contributed by atoms with Crippen molar-refractivity contribution in [2.24, 2.45) is 0 Å². The summed E-state index contributed by atoms with van der Waals surface area (Å²) in [5, 5.41) is 11.2. The topological polar surface area (TPSA) is 26.9 Å². The summed E-state index contributed by atoms with van der Waals surface area (Å²) >= 11 is -0.683. The molecule has 0 aliphatic rings. The molecular weight excluding hydrogens is 278 g/mol. The molecular formula is C10H9NOTe. The second-order valence-corrected chi connectivity index (χ2v) is 5.59. The third-order valence-electron chi connectivity index (χ3n) is 1.87. The van der Waals surface area contributed by atoms with Crippen LogP contribution in [0.2, 0.25) is 0 Å².